The lowest BCUT2D eigenvalue weighted by atomic mass is 9.97. The summed E-state index contributed by atoms with van der Waals surface area (Å²) in [5.74, 6) is -1.19. The predicted octanol–water partition coefficient (Wildman–Crippen LogP) is 4.45. The smallest absolute Gasteiger partial charge is 0.339 e. The molecular formula is C25H17NO4. The zero-order chi connectivity index (χ0) is 20.7. The maximum atomic E-state index is 13.0. The lowest BCUT2D eigenvalue weighted by molar-refractivity contribution is 0.0424. The quantitative estimate of drug-likeness (QED) is 0.291. The molecular weight excluding hydrogens is 378 g/mol. The first kappa shape index (κ1) is 18.1. The van der Waals surface area contributed by atoms with Gasteiger partial charge in [0.15, 0.2) is 0 Å². The van der Waals surface area contributed by atoms with Crippen molar-refractivity contribution in [3.05, 3.63) is 95.6 Å². The van der Waals surface area contributed by atoms with Crippen molar-refractivity contribution in [2.45, 2.75) is 0 Å². The highest BCUT2D eigenvalue weighted by molar-refractivity contribution is 6.21. The van der Waals surface area contributed by atoms with Gasteiger partial charge < -0.3 is 4.74 Å². The Morgan fingerprint density at radius 3 is 1.80 bits per heavy atom. The van der Waals surface area contributed by atoms with Crippen LogP contribution in [0.5, 0.6) is 0 Å². The summed E-state index contributed by atoms with van der Waals surface area (Å²) in [6.07, 6.45) is 0. The molecule has 4 aromatic carbocycles. The molecule has 0 fully saturated rings. The van der Waals surface area contributed by atoms with Crippen LogP contribution in [0.25, 0.3) is 21.5 Å². The highest BCUT2D eigenvalue weighted by Crippen LogP contribution is 2.29. The number of imide groups is 1. The zero-order valence-corrected chi connectivity index (χ0v) is 16.0. The first-order valence-electron chi connectivity index (χ1n) is 9.68. The van der Waals surface area contributed by atoms with E-state index in [4.69, 9.17) is 4.74 Å². The summed E-state index contributed by atoms with van der Waals surface area (Å²) in [5.41, 5.74) is 1.26. The molecule has 0 saturated heterocycles. The summed E-state index contributed by atoms with van der Waals surface area (Å²) >= 11 is 0. The molecule has 4 aromatic rings. The van der Waals surface area contributed by atoms with E-state index in [1.807, 2.05) is 54.6 Å². The Morgan fingerprint density at radius 2 is 1.23 bits per heavy atom. The third-order valence-corrected chi connectivity index (χ3v) is 5.40. The third-order valence-electron chi connectivity index (χ3n) is 5.40. The van der Waals surface area contributed by atoms with Crippen molar-refractivity contribution in [1.82, 2.24) is 4.90 Å². The number of rotatable bonds is 4. The van der Waals surface area contributed by atoms with Crippen LogP contribution in [0, 0.1) is 0 Å². The van der Waals surface area contributed by atoms with Gasteiger partial charge in [-0.05, 0) is 39.7 Å². The van der Waals surface area contributed by atoms with Crippen LogP contribution in [0.1, 0.15) is 31.1 Å². The molecule has 30 heavy (non-hydrogen) atoms. The number of carbonyl (C=O) groups is 3. The number of fused-ring (bicyclic) bond motifs is 3. The summed E-state index contributed by atoms with van der Waals surface area (Å²) < 4.78 is 5.52. The molecule has 5 nitrogen and oxygen atoms in total. The standard InChI is InChI=1S/C25H17NO4/c27-23-20-11-5-6-12-21(20)24(28)26(23)13-14-30-25(29)22-18-9-3-1-7-16(18)15-17-8-2-4-10-19(17)22/h1-12,15H,13-14H2. The highest BCUT2D eigenvalue weighted by Gasteiger charge is 2.34. The van der Waals surface area contributed by atoms with Gasteiger partial charge in [-0.1, -0.05) is 60.7 Å². The molecule has 5 rings (SSSR count). The molecule has 1 aliphatic rings. The number of hydrogen-bond acceptors (Lipinski definition) is 4. The van der Waals surface area contributed by atoms with Crippen LogP contribution in [0.4, 0.5) is 0 Å². The molecule has 2 amide bonds. The Balaban J connectivity index is 1.40. The van der Waals surface area contributed by atoms with Crippen molar-refractivity contribution in [2.75, 3.05) is 13.2 Å². The van der Waals surface area contributed by atoms with Gasteiger partial charge in [-0.2, -0.15) is 0 Å². The van der Waals surface area contributed by atoms with E-state index in [0.717, 1.165) is 26.4 Å². The zero-order valence-electron chi connectivity index (χ0n) is 16.0. The van der Waals surface area contributed by atoms with Crippen LogP contribution in [-0.4, -0.2) is 35.8 Å². The largest absolute Gasteiger partial charge is 0.460 e. The van der Waals surface area contributed by atoms with Gasteiger partial charge in [0.2, 0.25) is 0 Å². The van der Waals surface area contributed by atoms with E-state index in [2.05, 4.69) is 0 Å². The summed E-state index contributed by atoms with van der Waals surface area (Å²) in [6.45, 7) is -0.0529. The van der Waals surface area contributed by atoms with Crippen molar-refractivity contribution in [1.29, 1.82) is 0 Å². The van der Waals surface area contributed by atoms with Crippen LogP contribution in [0.2, 0.25) is 0 Å². The fraction of sp³-hybridized carbons (Fsp3) is 0.0800. The molecule has 0 unspecified atom stereocenters. The summed E-state index contributed by atoms with van der Waals surface area (Å²) in [4.78, 5) is 39.1. The molecule has 0 saturated carbocycles. The van der Waals surface area contributed by atoms with Gasteiger partial charge in [-0.3, -0.25) is 14.5 Å². The van der Waals surface area contributed by atoms with Crippen LogP contribution in [0.15, 0.2) is 78.9 Å². The predicted molar refractivity (Wildman–Crippen MR) is 114 cm³/mol. The second kappa shape index (κ2) is 7.12. The van der Waals surface area contributed by atoms with E-state index in [-0.39, 0.29) is 25.0 Å². The summed E-state index contributed by atoms with van der Waals surface area (Å²) in [7, 11) is 0. The molecule has 1 aliphatic heterocycles. The molecule has 0 atom stereocenters. The Morgan fingerprint density at radius 1 is 0.733 bits per heavy atom. The fourth-order valence-electron chi connectivity index (χ4n) is 3.98. The SMILES string of the molecule is O=C(OCCN1C(=O)c2ccccc2C1=O)c1c2ccccc2cc2ccccc12. The topological polar surface area (TPSA) is 63.7 Å². The number of esters is 1. The monoisotopic (exact) mass is 395 g/mol. The first-order valence-corrected chi connectivity index (χ1v) is 9.68. The molecule has 146 valence electrons. The molecule has 1 heterocycles. The molecule has 0 aliphatic carbocycles. The van der Waals surface area contributed by atoms with Gasteiger partial charge in [-0.25, -0.2) is 4.79 Å². The van der Waals surface area contributed by atoms with E-state index in [0.29, 0.717) is 16.7 Å². The van der Waals surface area contributed by atoms with Gasteiger partial charge in [0.25, 0.3) is 11.8 Å². The average molecular weight is 395 g/mol. The van der Waals surface area contributed by atoms with E-state index >= 15 is 0 Å². The Bertz CT molecular complexity index is 1250. The minimum atomic E-state index is -0.473. The van der Waals surface area contributed by atoms with Gasteiger partial charge in [0.1, 0.15) is 6.61 Å². The normalized spacial score (nSPS) is 13.1. The second-order valence-corrected chi connectivity index (χ2v) is 7.14. The van der Waals surface area contributed by atoms with Gasteiger partial charge in [0.05, 0.1) is 23.2 Å². The van der Waals surface area contributed by atoms with Gasteiger partial charge in [-0.15, -0.1) is 0 Å². The molecule has 0 spiro atoms. The van der Waals surface area contributed by atoms with Crippen LogP contribution >= 0.6 is 0 Å². The summed E-state index contributed by atoms with van der Waals surface area (Å²) in [5, 5.41) is 3.51. The number of benzene rings is 4. The molecule has 0 radical (unpaired) electrons. The van der Waals surface area contributed by atoms with Gasteiger partial charge in [0, 0.05) is 0 Å². The van der Waals surface area contributed by atoms with Crippen molar-refractivity contribution < 1.29 is 19.1 Å². The number of amides is 2. The first-order chi connectivity index (χ1) is 14.6. The minimum absolute atomic E-state index is 0.0147. The fourth-order valence-corrected chi connectivity index (χ4v) is 3.98. The average Bonchev–Trinajstić information content (AvgIpc) is 3.02. The Hall–Kier alpha value is -3.99. The highest BCUT2D eigenvalue weighted by atomic mass is 16.5. The third kappa shape index (κ3) is 2.83. The van der Waals surface area contributed by atoms with Crippen molar-refractivity contribution in [3.63, 3.8) is 0 Å². The lowest BCUT2D eigenvalue weighted by Crippen LogP contribution is -2.33. The van der Waals surface area contributed by atoms with Gasteiger partial charge >= 0.3 is 5.97 Å². The van der Waals surface area contributed by atoms with Crippen molar-refractivity contribution in [3.8, 4) is 0 Å². The number of ether oxygens (including phenoxy) is 1. The maximum absolute atomic E-state index is 13.0. The second-order valence-electron chi connectivity index (χ2n) is 7.14. The summed E-state index contributed by atoms with van der Waals surface area (Å²) in [6, 6.07) is 24.0. The van der Waals surface area contributed by atoms with Crippen molar-refractivity contribution in [2.24, 2.45) is 0 Å². The van der Waals surface area contributed by atoms with Crippen LogP contribution < -0.4 is 0 Å². The molecule has 0 N–H and O–H groups in total. The maximum Gasteiger partial charge on any atom is 0.339 e. The van der Waals surface area contributed by atoms with E-state index in [1.54, 1.807) is 24.3 Å². The lowest BCUT2D eigenvalue weighted by Gasteiger charge is -2.15. The van der Waals surface area contributed by atoms with E-state index in [1.165, 1.54) is 0 Å². The van der Waals surface area contributed by atoms with E-state index < -0.39 is 5.97 Å². The molecule has 0 aromatic heterocycles. The number of carbonyl (C=O) groups excluding carboxylic acids is 3. The Kier molecular flexibility index (Phi) is 4.29. The number of nitrogens with zero attached hydrogens (tertiary/aromatic N) is 1. The van der Waals surface area contributed by atoms with Crippen LogP contribution in [-0.2, 0) is 4.74 Å². The molecule has 5 heteroatoms. The molecule has 0 bridgehead atoms. The van der Waals surface area contributed by atoms with Crippen LogP contribution in [0.3, 0.4) is 0 Å². The number of hydrogen-bond donors (Lipinski definition) is 0. The van der Waals surface area contributed by atoms with Crippen molar-refractivity contribution >= 4 is 39.3 Å². The van der Waals surface area contributed by atoms with E-state index in [9.17, 15) is 14.4 Å². The Labute approximate surface area is 172 Å². The minimum Gasteiger partial charge on any atom is -0.460 e.